The second-order valence-corrected chi connectivity index (χ2v) is 5.00. The zero-order valence-electron chi connectivity index (χ0n) is 11.3. The van der Waals surface area contributed by atoms with Gasteiger partial charge in [0.1, 0.15) is 0 Å². The highest BCUT2D eigenvalue weighted by molar-refractivity contribution is 5.96. The Labute approximate surface area is 117 Å². The first-order valence-corrected chi connectivity index (χ1v) is 6.69. The van der Waals surface area contributed by atoms with E-state index in [9.17, 15) is 14.9 Å². The first kappa shape index (κ1) is 14.2. The monoisotopic (exact) mass is 275 g/mol. The highest BCUT2D eigenvalue weighted by Crippen LogP contribution is 2.20. The third-order valence-corrected chi connectivity index (χ3v) is 3.51. The molecule has 6 heteroatoms. The number of hydrazone groups is 1. The molecule has 1 saturated carbocycles. The predicted molar refractivity (Wildman–Crippen MR) is 75.6 cm³/mol. The van der Waals surface area contributed by atoms with Crippen LogP contribution in [0.4, 0.5) is 5.69 Å². The smallest absolute Gasteiger partial charge is 0.267 e. The van der Waals surface area contributed by atoms with Gasteiger partial charge in [0.05, 0.1) is 4.92 Å². The van der Waals surface area contributed by atoms with Crippen molar-refractivity contribution in [2.45, 2.75) is 32.6 Å². The Morgan fingerprint density at radius 2 is 2.25 bits per heavy atom. The first-order valence-electron chi connectivity index (χ1n) is 6.69. The van der Waals surface area contributed by atoms with Crippen LogP contribution >= 0.6 is 0 Å². The molecule has 0 saturated heterocycles. The summed E-state index contributed by atoms with van der Waals surface area (Å²) in [5, 5.41) is 14.8. The SMILES string of the molecule is C[C@H]1CCCC/C1=N\NC(=O)c1cccc([N+](=O)[O-])c1. The van der Waals surface area contributed by atoms with Gasteiger partial charge in [-0.1, -0.05) is 19.4 Å². The number of carbonyl (C=O) groups excluding carboxylic acids is 1. The van der Waals surface area contributed by atoms with E-state index >= 15 is 0 Å². The fraction of sp³-hybridized carbons (Fsp3) is 0.429. The number of rotatable bonds is 3. The molecule has 0 heterocycles. The van der Waals surface area contributed by atoms with E-state index in [2.05, 4.69) is 17.5 Å². The van der Waals surface area contributed by atoms with E-state index in [1.165, 1.54) is 30.7 Å². The number of nitro benzene ring substituents is 1. The number of nitro groups is 1. The molecule has 2 rings (SSSR count). The van der Waals surface area contributed by atoms with Crippen molar-refractivity contribution in [1.29, 1.82) is 0 Å². The van der Waals surface area contributed by atoms with Crippen LogP contribution in [0, 0.1) is 16.0 Å². The molecular weight excluding hydrogens is 258 g/mol. The summed E-state index contributed by atoms with van der Waals surface area (Å²) in [5.41, 5.74) is 3.63. The normalized spacial score (nSPS) is 20.6. The van der Waals surface area contributed by atoms with Gasteiger partial charge in [-0.15, -0.1) is 0 Å². The van der Waals surface area contributed by atoms with Crippen molar-refractivity contribution in [2.75, 3.05) is 0 Å². The molecule has 1 aliphatic rings. The number of nitrogens with one attached hydrogen (secondary N) is 1. The van der Waals surface area contributed by atoms with E-state index in [1.54, 1.807) is 0 Å². The van der Waals surface area contributed by atoms with Crippen LogP contribution in [0.2, 0.25) is 0 Å². The van der Waals surface area contributed by atoms with E-state index in [-0.39, 0.29) is 11.3 Å². The second-order valence-electron chi connectivity index (χ2n) is 5.00. The maximum atomic E-state index is 11.9. The third-order valence-electron chi connectivity index (χ3n) is 3.51. The summed E-state index contributed by atoms with van der Waals surface area (Å²) >= 11 is 0. The Balaban J connectivity index is 2.06. The molecule has 0 aromatic heterocycles. The Hall–Kier alpha value is -2.24. The molecule has 1 N–H and O–H groups in total. The van der Waals surface area contributed by atoms with Crippen molar-refractivity contribution in [2.24, 2.45) is 11.0 Å². The summed E-state index contributed by atoms with van der Waals surface area (Å²) in [7, 11) is 0. The average Bonchev–Trinajstić information content (AvgIpc) is 2.46. The number of hydrogen-bond donors (Lipinski definition) is 1. The summed E-state index contributed by atoms with van der Waals surface area (Å²) in [6.45, 7) is 2.09. The molecule has 106 valence electrons. The minimum absolute atomic E-state index is 0.101. The lowest BCUT2D eigenvalue weighted by Crippen LogP contribution is -2.24. The fourth-order valence-corrected chi connectivity index (χ4v) is 2.28. The highest BCUT2D eigenvalue weighted by atomic mass is 16.6. The molecule has 0 unspecified atom stereocenters. The number of amides is 1. The van der Waals surface area contributed by atoms with Crippen molar-refractivity contribution in [1.82, 2.24) is 5.43 Å². The standard InChI is InChI=1S/C14H17N3O3/c1-10-5-2-3-8-13(10)15-16-14(18)11-6-4-7-12(9-11)17(19)20/h4,6-7,9-10H,2-3,5,8H2,1H3,(H,16,18)/b15-13+/t10-/m0/s1. The van der Waals surface area contributed by atoms with Crippen LogP contribution < -0.4 is 5.43 Å². The largest absolute Gasteiger partial charge is 0.271 e. The summed E-state index contributed by atoms with van der Waals surface area (Å²) < 4.78 is 0. The molecule has 0 bridgehead atoms. The summed E-state index contributed by atoms with van der Waals surface area (Å²) in [6, 6.07) is 5.63. The van der Waals surface area contributed by atoms with Gasteiger partial charge in [0.2, 0.25) is 0 Å². The van der Waals surface area contributed by atoms with Crippen molar-refractivity contribution in [3.8, 4) is 0 Å². The number of carbonyl (C=O) groups is 1. The molecule has 0 spiro atoms. The van der Waals surface area contributed by atoms with Crippen molar-refractivity contribution in [3.63, 3.8) is 0 Å². The molecule has 6 nitrogen and oxygen atoms in total. The molecule has 0 aliphatic heterocycles. The van der Waals surface area contributed by atoms with E-state index in [0.29, 0.717) is 5.92 Å². The molecule has 1 atom stereocenters. The Morgan fingerprint density at radius 3 is 2.95 bits per heavy atom. The zero-order valence-corrected chi connectivity index (χ0v) is 11.3. The molecule has 20 heavy (non-hydrogen) atoms. The van der Waals surface area contributed by atoms with Gasteiger partial charge in [-0.25, -0.2) is 5.43 Å². The summed E-state index contributed by atoms with van der Waals surface area (Å²) in [6.07, 6.45) is 4.27. The predicted octanol–water partition coefficient (Wildman–Crippen LogP) is 2.89. The van der Waals surface area contributed by atoms with Gasteiger partial charge in [-0.2, -0.15) is 5.10 Å². The van der Waals surface area contributed by atoms with Crippen LogP contribution in [0.1, 0.15) is 43.0 Å². The lowest BCUT2D eigenvalue weighted by atomic mass is 9.89. The Morgan fingerprint density at radius 1 is 1.45 bits per heavy atom. The number of benzene rings is 1. The van der Waals surface area contributed by atoms with Gasteiger partial charge in [-0.3, -0.25) is 14.9 Å². The van der Waals surface area contributed by atoms with Gasteiger partial charge >= 0.3 is 0 Å². The highest BCUT2D eigenvalue weighted by Gasteiger charge is 2.17. The maximum absolute atomic E-state index is 11.9. The summed E-state index contributed by atoms with van der Waals surface area (Å²) in [5.74, 6) is -0.0341. The fourth-order valence-electron chi connectivity index (χ4n) is 2.28. The van der Waals surface area contributed by atoms with Gasteiger partial charge in [0, 0.05) is 23.4 Å². The second kappa shape index (κ2) is 6.27. The quantitative estimate of drug-likeness (QED) is 0.680. The molecule has 1 aromatic carbocycles. The van der Waals surface area contributed by atoms with E-state index in [1.807, 2.05) is 0 Å². The van der Waals surface area contributed by atoms with Crippen molar-refractivity contribution >= 4 is 17.3 Å². The maximum Gasteiger partial charge on any atom is 0.271 e. The molecule has 1 amide bonds. The zero-order chi connectivity index (χ0) is 14.5. The molecule has 0 radical (unpaired) electrons. The van der Waals surface area contributed by atoms with Crippen LogP contribution in [-0.2, 0) is 0 Å². The third kappa shape index (κ3) is 3.40. The average molecular weight is 275 g/mol. The Kier molecular flexibility index (Phi) is 4.45. The van der Waals surface area contributed by atoms with Crippen molar-refractivity contribution in [3.05, 3.63) is 39.9 Å². The number of nitrogens with zero attached hydrogens (tertiary/aromatic N) is 2. The van der Waals surface area contributed by atoms with Crippen LogP contribution in [0.25, 0.3) is 0 Å². The molecule has 1 aliphatic carbocycles. The van der Waals surface area contributed by atoms with Crippen LogP contribution in [0.3, 0.4) is 0 Å². The number of non-ortho nitro benzene ring substituents is 1. The van der Waals surface area contributed by atoms with E-state index < -0.39 is 10.8 Å². The summed E-state index contributed by atoms with van der Waals surface area (Å²) in [4.78, 5) is 22.1. The minimum Gasteiger partial charge on any atom is -0.267 e. The topological polar surface area (TPSA) is 84.6 Å². The molecule has 1 aromatic rings. The van der Waals surface area contributed by atoms with Gasteiger partial charge < -0.3 is 0 Å². The van der Waals surface area contributed by atoms with Gasteiger partial charge in [-0.05, 0) is 31.2 Å². The lowest BCUT2D eigenvalue weighted by Gasteiger charge is -2.19. The van der Waals surface area contributed by atoms with Crippen molar-refractivity contribution < 1.29 is 9.72 Å². The van der Waals surface area contributed by atoms with Crippen LogP contribution in [-0.4, -0.2) is 16.5 Å². The minimum atomic E-state index is -0.522. The molecule has 1 fully saturated rings. The lowest BCUT2D eigenvalue weighted by molar-refractivity contribution is -0.384. The van der Waals surface area contributed by atoms with E-state index in [0.717, 1.165) is 25.0 Å². The van der Waals surface area contributed by atoms with Gasteiger partial charge in [0.25, 0.3) is 11.6 Å². The van der Waals surface area contributed by atoms with E-state index in [4.69, 9.17) is 0 Å². The number of hydrogen-bond acceptors (Lipinski definition) is 4. The molecular formula is C14H17N3O3. The van der Waals surface area contributed by atoms with Crippen LogP contribution in [0.15, 0.2) is 29.4 Å². The van der Waals surface area contributed by atoms with Gasteiger partial charge in [0.15, 0.2) is 0 Å². The van der Waals surface area contributed by atoms with Crippen LogP contribution in [0.5, 0.6) is 0 Å². The Bertz CT molecular complexity index is 554. The first-order chi connectivity index (χ1) is 9.58.